The lowest BCUT2D eigenvalue weighted by Crippen LogP contribution is -2.28. The molecule has 0 radical (unpaired) electrons. The Labute approximate surface area is 163 Å². The van der Waals surface area contributed by atoms with Gasteiger partial charge >= 0.3 is 0 Å². The van der Waals surface area contributed by atoms with Gasteiger partial charge in [-0.05, 0) is 42.2 Å². The van der Waals surface area contributed by atoms with E-state index in [-0.39, 0.29) is 24.1 Å². The Morgan fingerprint density at radius 1 is 1.00 bits per heavy atom. The molecule has 2 aromatic carbocycles. The Hall–Kier alpha value is -3.15. The van der Waals surface area contributed by atoms with Gasteiger partial charge in [0, 0.05) is 36.8 Å². The van der Waals surface area contributed by atoms with Gasteiger partial charge in [-0.15, -0.1) is 0 Å². The molecule has 1 aliphatic heterocycles. The van der Waals surface area contributed by atoms with Crippen LogP contribution in [0.15, 0.2) is 48.5 Å². The average molecular weight is 377 g/mol. The van der Waals surface area contributed by atoms with Crippen LogP contribution >= 0.6 is 0 Å². The number of amides is 3. The Morgan fingerprint density at radius 2 is 1.75 bits per heavy atom. The number of carbonyl (C=O) groups is 3. The van der Waals surface area contributed by atoms with Crippen LogP contribution in [0, 0.1) is 0 Å². The van der Waals surface area contributed by atoms with E-state index in [4.69, 9.17) is 0 Å². The minimum atomic E-state index is -0.136. The molecule has 3 amide bonds. The number of rotatable bonds is 7. The van der Waals surface area contributed by atoms with Gasteiger partial charge in [-0.1, -0.05) is 30.3 Å². The topological polar surface area (TPSA) is 78.5 Å². The number of benzene rings is 2. The number of hydrogen-bond acceptors (Lipinski definition) is 3. The summed E-state index contributed by atoms with van der Waals surface area (Å²) in [5.74, 6) is -0.115. The second-order valence-electron chi connectivity index (χ2n) is 7.40. The molecule has 2 aliphatic rings. The van der Waals surface area contributed by atoms with Crippen molar-refractivity contribution in [1.29, 1.82) is 0 Å². The Balaban J connectivity index is 1.24. The normalized spacial score (nSPS) is 15.3. The van der Waals surface area contributed by atoms with Crippen molar-refractivity contribution < 1.29 is 14.4 Å². The third kappa shape index (κ3) is 4.39. The van der Waals surface area contributed by atoms with E-state index in [0.717, 1.165) is 29.5 Å². The third-order valence-corrected chi connectivity index (χ3v) is 5.05. The highest BCUT2D eigenvalue weighted by Gasteiger charge is 2.26. The number of fused-ring (bicyclic) bond motifs is 1. The third-order valence-electron chi connectivity index (χ3n) is 5.05. The van der Waals surface area contributed by atoms with E-state index in [1.165, 1.54) is 0 Å². The zero-order valence-electron chi connectivity index (χ0n) is 15.6. The van der Waals surface area contributed by atoms with Crippen LogP contribution in [0.3, 0.4) is 0 Å². The van der Waals surface area contributed by atoms with E-state index >= 15 is 0 Å². The van der Waals surface area contributed by atoms with Crippen molar-refractivity contribution in [2.75, 3.05) is 11.9 Å². The second-order valence-corrected chi connectivity index (χ2v) is 7.40. The lowest BCUT2D eigenvalue weighted by molar-refractivity contribution is -0.120. The molecule has 6 nitrogen and oxygen atoms in total. The van der Waals surface area contributed by atoms with E-state index < -0.39 is 0 Å². The van der Waals surface area contributed by atoms with Crippen molar-refractivity contribution in [2.24, 2.45) is 0 Å². The van der Waals surface area contributed by atoms with Gasteiger partial charge in [0.2, 0.25) is 11.8 Å². The molecule has 1 fully saturated rings. The summed E-state index contributed by atoms with van der Waals surface area (Å²) < 4.78 is 0. The molecule has 28 heavy (non-hydrogen) atoms. The highest BCUT2D eigenvalue weighted by molar-refractivity contribution is 5.98. The number of nitrogens with one attached hydrogen (secondary N) is 2. The Kier molecular flexibility index (Phi) is 5.10. The maximum atomic E-state index is 12.3. The molecule has 1 saturated carbocycles. The molecular formula is C22H23N3O3. The van der Waals surface area contributed by atoms with Crippen molar-refractivity contribution in [3.8, 4) is 0 Å². The lowest BCUT2D eigenvalue weighted by atomic mass is 10.1. The molecule has 4 rings (SSSR count). The van der Waals surface area contributed by atoms with Crippen LogP contribution in [0.5, 0.6) is 0 Å². The first-order valence-corrected chi connectivity index (χ1v) is 9.64. The van der Waals surface area contributed by atoms with Gasteiger partial charge < -0.3 is 15.5 Å². The van der Waals surface area contributed by atoms with Crippen molar-refractivity contribution in [3.63, 3.8) is 0 Å². The predicted molar refractivity (Wildman–Crippen MR) is 106 cm³/mol. The summed E-state index contributed by atoms with van der Waals surface area (Å²) >= 11 is 0. The first-order valence-electron chi connectivity index (χ1n) is 9.64. The quantitative estimate of drug-likeness (QED) is 0.778. The van der Waals surface area contributed by atoms with Gasteiger partial charge in [-0.3, -0.25) is 14.4 Å². The number of nitrogens with zero attached hydrogens (tertiary/aromatic N) is 1. The predicted octanol–water partition coefficient (Wildman–Crippen LogP) is 2.49. The molecule has 0 bridgehead atoms. The molecule has 1 heterocycles. The van der Waals surface area contributed by atoms with E-state index in [1.807, 2.05) is 36.4 Å². The van der Waals surface area contributed by atoms with E-state index in [0.29, 0.717) is 31.2 Å². The maximum absolute atomic E-state index is 12.3. The highest BCUT2D eigenvalue weighted by Crippen LogP contribution is 2.22. The summed E-state index contributed by atoms with van der Waals surface area (Å²) in [7, 11) is 0. The number of hydrogen-bond donors (Lipinski definition) is 2. The van der Waals surface area contributed by atoms with Gasteiger partial charge in [-0.25, -0.2) is 0 Å². The summed E-state index contributed by atoms with van der Waals surface area (Å²) in [6.07, 6.45) is 2.74. The van der Waals surface area contributed by atoms with Gasteiger partial charge in [0.1, 0.15) is 0 Å². The summed E-state index contributed by atoms with van der Waals surface area (Å²) in [5, 5.41) is 5.81. The van der Waals surface area contributed by atoms with Crippen LogP contribution in [0.25, 0.3) is 0 Å². The van der Waals surface area contributed by atoms with Gasteiger partial charge in [0.05, 0.1) is 6.42 Å². The van der Waals surface area contributed by atoms with Crippen LogP contribution in [-0.4, -0.2) is 35.2 Å². The fraction of sp³-hybridized carbons (Fsp3) is 0.318. The zero-order chi connectivity index (χ0) is 19.5. The SMILES string of the molecule is O=C(CCN1Cc2ccccc2C1=O)Nc1ccc(CC(=O)NC2CC2)cc1. The molecule has 0 atom stereocenters. The number of anilines is 1. The van der Waals surface area contributed by atoms with E-state index in [1.54, 1.807) is 17.0 Å². The van der Waals surface area contributed by atoms with Crippen LogP contribution < -0.4 is 10.6 Å². The summed E-state index contributed by atoms with van der Waals surface area (Å²) in [6, 6.07) is 15.2. The first-order chi connectivity index (χ1) is 13.6. The first kappa shape index (κ1) is 18.2. The van der Waals surface area contributed by atoms with Crippen LogP contribution in [-0.2, 0) is 22.6 Å². The monoisotopic (exact) mass is 377 g/mol. The molecule has 0 unspecified atom stereocenters. The van der Waals surface area contributed by atoms with Crippen molar-refractivity contribution in [1.82, 2.24) is 10.2 Å². The maximum Gasteiger partial charge on any atom is 0.254 e. The molecule has 144 valence electrons. The molecule has 0 spiro atoms. The molecule has 2 aromatic rings. The van der Waals surface area contributed by atoms with E-state index in [9.17, 15) is 14.4 Å². The second kappa shape index (κ2) is 7.84. The fourth-order valence-electron chi connectivity index (χ4n) is 3.35. The van der Waals surface area contributed by atoms with Crippen molar-refractivity contribution in [3.05, 3.63) is 65.2 Å². The lowest BCUT2D eigenvalue weighted by Gasteiger charge is -2.15. The zero-order valence-corrected chi connectivity index (χ0v) is 15.6. The largest absolute Gasteiger partial charge is 0.353 e. The molecular weight excluding hydrogens is 354 g/mol. The average Bonchev–Trinajstić information content (AvgIpc) is 3.44. The molecule has 0 saturated heterocycles. The smallest absolute Gasteiger partial charge is 0.254 e. The number of carbonyl (C=O) groups excluding carboxylic acids is 3. The van der Waals surface area contributed by atoms with E-state index in [2.05, 4.69) is 10.6 Å². The summed E-state index contributed by atoms with van der Waals surface area (Å²) in [6.45, 7) is 0.943. The summed E-state index contributed by atoms with van der Waals surface area (Å²) in [4.78, 5) is 38.1. The summed E-state index contributed by atoms with van der Waals surface area (Å²) in [5.41, 5.74) is 3.34. The minimum Gasteiger partial charge on any atom is -0.353 e. The van der Waals surface area contributed by atoms with Gasteiger partial charge in [-0.2, -0.15) is 0 Å². The van der Waals surface area contributed by atoms with Gasteiger partial charge in [0.15, 0.2) is 0 Å². The van der Waals surface area contributed by atoms with Crippen molar-refractivity contribution in [2.45, 2.75) is 38.3 Å². The molecule has 6 heteroatoms. The molecule has 0 aromatic heterocycles. The standard InChI is InChI=1S/C22H23N3O3/c26-20(11-12-25-14-16-3-1-2-4-19(16)22(25)28)23-17-7-5-15(6-8-17)13-21(27)24-18-9-10-18/h1-8,18H,9-14H2,(H,23,26)(H,24,27). The van der Waals surface area contributed by atoms with Gasteiger partial charge in [0.25, 0.3) is 5.91 Å². The highest BCUT2D eigenvalue weighted by atomic mass is 16.2. The Bertz CT molecular complexity index is 903. The molecule has 1 aliphatic carbocycles. The molecule has 2 N–H and O–H groups in total. The van der Waals surface area contributed by atoms with Crippen LogP contribution in [0.2, 0.25) is 0 Å². The van der Waals surface area contributed by atoms with Crippen LogP contribution in [0.1, 0.15) is 40.7 Å². The van der Waals surface area contributed by atoms with Crippen molar-refractivity contribution >= 4 is 23.4 Å². The Morgan fingerprint density at radius 3 is 2.46 bits per heavy atom. The van der Waals surface area contributed by atoms with Crippen LogP contribution in [0.4, 0.5) is 5.69 Å². The fourth-order valence-corrected chi connectivity index (χ4v) is 3.35. The minimum absolute atomic E-state index is 0.0165.